The van der Waals surface area contributed by atoms with Gasteiger partial charge in [0.15, 0.2) is 0 Å². The van der Waals surface area contributed by atoms with Crippen LogP contribution >= 0.6 is 0 Å². The van der Waals surface area contributed by atoms with Crippen molar-refractivity contribution in [3.63, 3.8) is 0 Å². The summed E-state index contributed by atoms with van der Waals surface area (Å²) >= 11 is 0. The van der Waals surface area contributed by atoms with Crippen LogP contribution in [0.5, 0.6) is 0 Å². The number of rotatable bonds is 3. The lowest BCUT2D eigenvalue weighted by molar-refractivity contribution is -0.0403. The van der Waals surface area contributed by atoms with E-state index < -0.39 is 0 Å². The van der Waals surface area contributed by atoms with Crippen molar-refractivity contribution < 1.29 is 18.7 Å². The van der Waals surface area contributed by atoms with Gasteiger partial charge in [-0.3, -0.25) is 0 Å². The van der Waals surface area contributed by atoms with Gasteiger partial charge in [0.1, 0.15) is 6.10 Å². The van der Waals surface area contributed by atoms with Gasteiger partial charge in [0.2, 0.25) is 0 Å². The predicted molar refractivity (Wildman–Crippen MR) is 97.9 cm³/mol. The van der Waals surface area contributed by atoms with Crippen LogP contribution in [-0.4, -0.2) is 46.2 Å². The highest BCUT2D eigenvalue weighted by atomic mass is 16.7. The van der Waals surface area contributed by atoms with Crippen LogP contribution in [0.4, 0.5) is 0 Å². The Morgan fingerprint density at radius 1 is 1.17 bits per heavy atom. The molecule has 0 aliphatic carbocycles. The number of allylic oxidation sites excluding steroid dienone is 1. The third kappa shape index (κ3) is 5.22. The fourth-order valence-corrected chi connectivity index (χ4v) is 3.18. The molecule has 0 aromatic rings. The minimum Gasteiger partial charge on any atom is -0.442 e. The van der Waals surface area contributed by atoms with E-state index in [2.05, 4.69) is 52.8 Å². The Hall–Kier alpha value is -0.550. The van der Waals surface area contributed by atoms with E-state index in [9.17, 15) is 0 Å². The quantitative estimate of drug-likeness (QED) is 0.587. The molecule has 1 saturated heterocycles. The Balaban J connectivity index is 2.11. The van der Waals surface area contributed by atoms with Crippen LogP contribution in [0.25, 0.3) is 0 Å². The van der Waals surface area contributed by atoms with Gasteiger partial charge in [-0.1, -0.05) is 58.9 Å². The lowest BCUT2D eigenvalue weighted by Gasteiger charge is -2.35. The zero-order valence-corrected chi connectivity index (χ0v) is 15.6. The average Bonchev–Trinajstić information content (AvgIpc) is 2.88. The maximum Gasteiger partial charge on any atom is 0.461 e. The molecule has 24 heavy (non-hydrogen) atoms. The molecule has 0 saturated carbocycles. The molecule has 4 nitrogen and oxygen atoms in total. The van der Waals surface area contributed by atoms with Crippen molar-refractivity contribution in [1.82, 2.24) is 0 Å². The highest BCUT2D eigenvalue weighted by Gasteiger charge is 2.39. The molecular weight excluding hydrogens is 302 g/mol. The standard InChI is InChI=1S/C18H30B2O4/c1-13(2)16-14-9-6-7-12-21-15(17(22-19)18(3,4)5)10-8-11-20(23-14)24-16/h6,8-10,13-17H,7,11-12H2,1-5H3/b9-6+,10-8+. The first-order valence-electron chi connectivity index (χ1n) is 8.94. The Kier molecular flexibility index (Phi) is 7.17. The van der Waals surface area contributed by atoms with Gasteiger partial charge in [0.05, 0.1) is 24.9 Å². The first-order valence-corrected chi connectivity index (χ1v) is 8.94. The maximum atomic E-state index is 6.07. The molecule has 1 fully saturated rings. The van der Waals surface area contributed by atoms with Crippen LogP contribution in [0.1, 0.15) is 41.0 Å². The molecule has 2 radical (unpaired) electrons. The molecule has 0 aromatic heterocycles. The second kappa shape index (κ2) is 8.70. The molecule has 0 N–H and O–H groups in total. The van der Waals surface area contributed by atoms with Gasteiger partial charge < -0.3 is 18.7 Å². The van der Waals surface area contributed by atoms with Crippen LogP contribution in [0.15, 0.2) is 24.3 Å². The van der Waals surface area contributed by atoms with Crippen LogP contribution in [-0.2, 0) is 18.7 Å². The summed E-state index contributed by atoms with van der Waals surface area (Å²) in [4.78, 5) is 0. The Morgan fingerprint density at radius 3 is 2.54 bits per heavy atom. The van der Waals surface area contributed by atoms with Gasteiger partial charge in [-0.05, 0) is 17.8 Å². The smallest absolute Gasteiger partial charge is 0.442 e. The fraction of sp³-hybridized carbons (Fsp3) is 0.778. The molecule has 2 heterocycles. The molecule has 2 bridgehead atoms. The third-order valence-electron chi connectivity index (χ3n) is 4.47. The van der Waals surface area contributed by atoms with Crippen LogP contribution < -0.4 is 0 Å². The van der Waals surface area contributed by atoms with Gasteiger partial charge in [-0.2, -0.15) is 0 Å². The van der Waals surface area contributed by atoms with Crippen LogP contribution in [0, 0.1) is 11.3 Å². The molecule has 6 heteroatoms. The minimum absolute atomic E-state index is 0.0216. The van der Waals surface area contributed by atoms with Crippen molar-refractivity contribution in [3.05, 3.63) is 24.3 Å². The molecule has 132 valence electrons. The molecule has 4 atom stereocenters. The number of fused-ring (bicyclic) bond motifs is 2. The molecule has 4 unspecified atom stereocenters. The van der Waals surface area contributed by atoms with E-state index in [1.165, 1.54) is 0 Å². The maximum absolute atomic E-state index is 6.07. The predicted octanol–water partition coefficient (Wildman–Crippen LogP) is 3.33. The molecule has 2 rings (SSSR count). The Morgan fingerprint density at radius 2 is 1.92 bits per heavy atom. The van der Waals surface area contributed by atoms with E-state index in [1.54, 1.807) is 0 Å². The van der Waals surface area contributed by atoms with Crippen molar-refractivity contribution >= 4 is 15.2 Å². The molecule has 2 aliphatic rings. The summed E-state index contributed by atoms with van der Waals surface area (Å²) in [6.45, 7) is 11.2. The van der Waals surface area contributed by atoms with Gasteiger partial charge in [-0.15, -0.1) is 0 Å². The highest BCUT2D eigenvalue weighted by molar-refractivity contribution is 6.45. The third-order valence-corrected chi connectivity index (χ3v) is 4.47. The lowest BCUT2D eigenvalue weighted by atomic mass is 9.82. The largest absolute Gasteiger partial charge is 0.461 e. The van der Waals surface area contributed by atoms with E-state index in [4.69, 9.17) is 26.7 Å². The van der Waals surface area contributed by atoms with Crippen molar-refractivity contribution in [2.75, 3.05) is 6.61 Å². The van der Waals surface area contributed by atoms with Gasteiger partial charge in [0.25, 0.3) is 8.05 Å². The summed E-state index contributed by atoms with van der Waals surface area (Å²) < 4.78 is 23.4. The topological polar surface area (TPSA) is 36.9 Å². The van der Waals surface area contributed by atoms with Gasteiger partial charge in [-0.25, -0.2) is 0 Å². The molecule has 0 spiro atoms. The molecule has 0 amide bonds. The van der Waals surface area contributed by atoms with Gasteiger partial charge >= 0.3 is 7.12 Å². The average molecular weight is 332 g/mol. The SMILES string of the molecule is [B]OC(C1/C=C/CB2OC(/C=C/CCO1)C(C(C)C)O2)C(C)(C)C. The zero-order chi connectivity index (χ0) is 17.7. The molecule has 0 aromatic carbocycles. The Bertz CT molecular complexity index is 445. The first kappa shape index (κ1) is 19.8. The van der Waals surface area contributed by atoms with Crippen molar-refractivity contribution in [3.8, 4) is 0 Å². The first-order chi connectivity index (χ1) is 11.3. The summed E-state index contributed by atoms with van der Waals surface area (Å²) in [5.41, 5.74) is -0.120. The minimum atomic E-state index is -0.220. The Labute approximate surface area is 148 Å². The second-order valence-corrected chi connectivity index (χ2v) is 8.01. The summed E-state index contributed by atoms with van der Waals surface area (Å²) in [7, 11) is 5.33. The monoisotopic (exact) mass is 332 g/mol. The normalized spacial score (nSPS) is 32.9. The molecule has 2 aliphatic heterocycles. The number of hydrogen-bond donors (Lipinski definition) is 0. The van der Waals surface area contributed by atoms with E-state index in [0.29, 0.717) is 18.8 Å². The fourth-order valence-electron chi connectivity index (χ4n) is 3.18. The summed E-state index contributed by atoms with van der Waals surface area (Å²) in [6.07, 6.45) is 9.52. The van der Waals surface area contributed by atoms with Crippen molar-refractivity contribution in [1.29, 1.82) is 0 Å². The molecular formula is C18H30B2O4. The van der Waals surface area contributed by atoms with Crippen LogP contribution in [0.2, 0.25) is 6.32 Å². The summed E-state index contributed by atoms with van der Waals surface area (Å²) in [5, 5.41) is 0. The van der Waals surface area contributed by atoms with E-state index >= 15 is 0 Å². The summed E-state index contributed by atoms with van der Waals surface area (Å²) in [5.74, 6) is 0.415. The lowest BCUT2D eigenvalue weighted by Crippen LogP contribution is -2.40. The van der Waals surface area contributed by atoms with E-state index in [1.807, 2.05) is 6.08 Å². The van der Waals surface area contributed by atoms with Crippen molar-refractivity contribution in [2.45, 2.75) is 71.8 Å². The second-order valence-electron chi connectivity index (χ2n) is 8.01. The summed E-state index contributed by atoms with van der Waals surface area (Å²) in [6, 6.07) is 0. The van der Waals surface area contributed by atoms with Gasteiger partial charge in [0, 0.05) is 6.32 Å². The van der Waals surface area contributed by atoms with E-state index in [-0.39, 0.29) is 36.9 Å². The zero-order valence-electron chi connectivity index (χ0n) is 15.6. The highest BCUT2D eigenvalue weighted by Crippen LogP contribution is 2.29. The number of ether oxygens (including phenoxy) is 1. The van der Waals surface area contributed by atoms with E-state index in [0.717, 1.165) is 6.42 Å². The number of hydrogen-bond acceptors (Lipinski definition) is 4. The van der Waals surface area contributed by atoms with Crippen molar-refractivity contribution in [2.24, 2.45) is 11.3 Å². The van der Waals surface area contributed by atoms with Crippen LogP contribution in [0.3, 0.4) is 0 Å².